The van der Waals surface area contributed by atoms with Crippen LogP contribution in [-0.4, -0.2) is 71.3 Å². The molecule has 6 N–H and O–H groups in total. The molecule has 0 spiro atoms. The van der Waals surface area contributed by atoms with E-state index in [2.05, 4.69) is 4.18 Å². The second-order valence-electron chi connectivity index (χ2n) is 2.80. The summed E-state index contributed by atoms with van der Waals surface area (Å²) in [5.41, 5.74) is 0. The molecule has 0 fully saturated rings. The summed E-state index contributed by atoms with van der Waals surface area (Å²) < 4.78 is 21.8. The summed E-state index contributed by atoms with van der Waals surface area (Å²) in [6, 6.07) is 0. The van der Waals surface area contributed by atoms with Gasteiger partial charge in [-0.25, -0.2) is 4.79 Å². The van der Waals surface area contributed by atoms with Crippen LogP contribution in [0.5, 0.6) is 0 Å². The van der Waals surface area contributed by atoms with Gasteiger partial charge >= 0.3 is 17.3 Å². The van der Waals surface area contributed by atoms with E-state index in [1.807, 2.05) is 0 Å². The Bertz CT molecular complexity index is 256. The topological polar surface area (TPSA) is 165 Å². The average molecular weight is 260 g/mol. The van der Waals surface area contributed by atoms with Crippen molar-refractivity contribution in [1.29, 1.82) is 0 Å². The van der Waals surface area contributed by atoms with Gasteiger partial charge in [0.1, 0.15) is 18.3 Å². The Balaban J connectivity index is 4.42. The standard InChI is InChI=1S/C6H12O9S/c7-1-2(8)3(9)4(10)5(11)6(12)15-16(13)14/h2-5,7-11H,1H2,(H,13,14)/t2-,3-,4+,5-/m1/s1. The van der Waals surface area contributed by atoms with Gasteiger partial charge in [0.15, 0.2) is 6.10 Å². The molecule has 0 radical (unpaired) electrons. The highest BCUT2D eigenvalue weighted by molar-refractivity contribution is 7.74. The molecule has 1 unspecified atom stereocenters. The summed E-state index contributed by atoms with van der Waals surface area (Å²) in [5.74, 6) is -1.66. The van der Waals surface area contributed by atoms with Crippen molar-refractivity contribution in [3.05, 3.63) is 0 Å². The molecule has 0 amide bonds. The Labute approximate surface area is 92.4 Å². The number of hydrogen-bond acceptors (Lipinski definition) is 8. The van der Waals surface area contributed by atoms with Crippen molar-refractivity contribution >= 4 is 17.3 Å². The maximum atomic E-state index is 10.8. The van der Waals surface area contributed by atoms with Crippen molar-refractivity contribution in [3.8, 4) is 0 Å². The molecular weight excluding hydrogens is 248 g/mol. The molecule has 96 valence electrons. The highest BCUT2D eigenvalue weighted by Gasteiger charge is 2.35. The Morgan fingerprint density at radius 3 is 2.06 bits per heavy atom. The summed E-state index contributed by atoms with van der Waals surface area (Å²) in [6.07, 6.45) is -8.29. The fourth-order valence-corrected chi connectivity index (χ4v) is 1.02. The van der Waals surface area contributed by atoms with Gasteiger partial charge in [0.2, 0.25) is 0 Å². The fourth-order valence-electron chi connectivity index (χ4n) is 0.781. The van der Waals surface area contributed by atoms with Crippen LogP contribution in [0.3, 0.4) is 0 Å². The summed E-state index contributed by atoms with van der Waals surface area (Å²) >= 11 is -2.97. The van der Waals surface area contributed by atoms with Crippen LogP contribution in [0.2, 0.25) is 0 Å². The minimum absolute atomic E-state index is 0.911. The number of carbonyl (C=O) groups is 1. The molecule has 0 aliphatic carbocycles. The number of aliphatic hydroxyl groups excluding tert-OH is 5. The average Bonchev–Trinajstić information content (AvgIpc) is 2.23. The molecular formula is C6H12O9S. The number of hydrogen-bond donors (Lipinski definition) is 6. The van der Waals surface area contributed by atoms with Crippen LogP contribution in [0, 0.1) is 0 Å². The normalized spacial score (nSPS) is 20.6. The molecule has 9 nitrogen and oxygen atoms in total. The van der Waals surface area contributed by atoms with Crippen LogP contribution in [-0.2, 0) is 20.3 Å². The smallest absolute Gasteiger partial charge is 0.360 e. The van der Waals surface area contributed by atoms with Crippen LogP contribution in [0.15, 0.2) is 0 Å². The lowest BCUT2D eigenvalue weighted by Gasteiger charge is -2.23. The van der Waals surface area contributed by atoms with E-state index in [-0.39, 0.29) is 0 Å². The van der Waals surface area contributed by atoms with E-state index in [1.54, 1.807) is 0 Å². The van der Waals surface area contributed by atoms with Crippen molar-refractivity contribution in [2.45, 2.75) is 24.4 Å². The molecule has 0 aromatic carbocycles. The molecule has 0 saturated heterocycles. The van der Waals surface area contributed by atoms with Crippen molar-refractivity contribution in [2.24, 2.45) is 0 Å². The number of carbonyl (C=O) groups excluding carboxylic acids is 1. The fraction of sp³-hybridized carbons (Fsp3) is 0.833. The van der Waals surface area contributed by atoms with E-state index in [0.29, 0.717) is 0 Å². The zero-order valence-electron chi connectivity index (χ0n) is 7.83. The lowest BCUT2D eigenvalue weighted by Crippen LogP contribution is -2.49. The minimum Gasteiger partial charge on any atom is -0.394 e. The molecule has 0 saturated carbocycles. The zero-order valence-corrected chi connectivity index (χ0v) is 8.65. The van der Waals surface area contributed by atoms with Crippen LogP contribution in [0.1, 0.15) is 0 Å². The second kappa shape index (κ2) is 6.85. The van der Waals surface area contributed by atoms with E-state index in [9.17, 15) is 9.00 Å². The first-order chi connectivity index (χ1) is 7.31. The van der Waals surface area contributed by atoms with E-state index in [4.69, 9.17) is 30.1 Å². The monoisotopic (exact) mass is 260 g/mol. The Morgan fingerprint density at radius 1 is 1.19 bits per heavy atom. The molecule has 16 heavy (non-hydrogen) atoms. The van der Waals surface area contributed by atoms with Gasteiger partial charge in [-0.05, 0) is 0 Å². The van der Waals surface area contributed by atoms with Crippen molar-refractivity contribution in [3.63, 3.8) is 0 Å². The molecule has 0 aliphatic rings. The molecule has 10 heteroatoms. The van der Waals surface area contributed by atoms with Crippen LogP contribution >= 0.6 is 0 Å². The van der Waals surface area contributed by atoms with Gasteiger partial charge in [-0.2, -0.15) is 4.21 Å². The van der Waals surface area contributed by atoms with E-state index in [1.165, 1.54) is 0 Å². The van der Waals surface area contributed by atoms with Crippen molar-refractivity contribution in [1.82, 2.24) is 0 Å². The third-order valence-electron chi connectivity index (χ3n) is 1.65. The second-order valence-corrected chi connectivity index (χ2v) is 3.40. The van der Waals surface area contributed by atoms with Gasteiger partial charge in [-0.15, -0.1) is 0 Å². The third-order valence-corrected chi connectivity index (χ3v) is 1.96. The Morgan fingerprint density at radius 2 is 1.69 bits per heavy atom. The van der Waals surface area contributed by atoms with E-state index in [0.717, 1.165) is 0 Å². The van der Waals surface area contributed by atoms with Gasteiger partial charge in [0.25, 0.3) is 0 Å². The SMILES string of the molecule is O=C(OS(=O)O)[C@H](O)[C@@H](O)[C@H](O)[C@H](O)CO. The predicted octanol–water partition coefficient (Wildman–Crippen LogP) is -3.90. The van der Waals surface area contributed by atoms with Crippen LogP contribution < -0.4 is 0 Å². The number of rotatable bonds is 6. The third kappa shape index (κ3) is 4.49. The minimum atomic E-state index is -2.97. The predicted molar refractivity (Wildman–Crippen MR) is 48.0 cm³/mol. The Hall–Kier alpha value is -0.620. The van der Waals surface area contributed by atoms with Crippen LogP contribution in [0.4, 0.5) is 0 Å². The lowest BCUT2D eigenvalue weighted by atomic mass is 10.0. The van der Waals surface area contributed by atoms with Gasteiger partial charge in [-0.3, -0.25) is 4.55 Å². The summed E-state index contributed by atoms with van der Waals surface area (Å²) in [4.78, 5) is 10.8. The molecule has 0 heterocycles. The maximum Gasteiger partial charge on any atom is 0.360 e. The first-order valence-electron chi connectivity index (χ1n) is 3.97. The summed E-state index contributed by atoms with van der Waals surface area (Å²) in [7, 11) is 0. The van der Waals surface area contributed by atoms with Gasteiger partial charge in [0, 0.05) is 0 Å². The molecule has 0 bridgehead atoms. The highest BCUT2D eigenvalue weighted by Crippen LogP contribution is 2.06. The zero-order chi connectivity index (χ0) is 12.9. The molecule has 5 atom stereocenters. The largest absolute Gasteiger partial charge is 0.394 e. The molecule has 0 aromatic rings. The van der Waals surface area contributed by atoms with Gasteiger partial charge in [0.05, 0.1) is 6.61 Å². The Kier molecular flexibility index (Phi) is 6.59. The van der Waals surface area contributed by atoms with Gasteiger partial charge in [-0.1, -0.05) is 0 Å². The lowest BCUT2D eigenvalue weighted by molar-refractivity contribution is -0.161. The molecule has 0 rings (SSSR count). The van der Waals surface area contributed by atoms with Crippen molar-refractivity contribution < 1.29 is 43.3 Å². The first kappa shape index (κ1) is 15.4. The maximum absolute atomic E-state index is 10.8. The highest BCUT2D eigenvalue weighted by atomic mass is 32.2. The van der Waals surface area contributed by atoms with Crippen LogP contribution in [0.25, 0.3) is 0 Å². The molecule has 0 aromatic heterocycles. The van der Waals surface area contributed by atoms with Gasteiger partial charge < -0.3 is 29.7 Å². The van der Waals surface area contributed by atoms with Crippen molar-refractivity contribution in [2.75, 3.05) is 6.61 Å². The summed E-state index contributed by atoms with van der Waals surface area (Å²) in [6.45, 7) is -0.911. The van der Waals surface area contributed by atoms with E-state index < -0.39 is 48.4 Å². The first-order valence-corrected chi connectivity index (χ1v) is 5.00. The molecule has 0 aliphatic heterocycles. The quantitative estimate of drug-likeness (QED) is 0.262. The number of aliphatic hydroxyl groups is 5. The summed E-state index contributed by atoms with van der Waals surface area (Å²) in [5, 5.41) is 44.5. The van der Waals surface area contributed by atoms with E-state index >= 15 is 0 Å².